The SMILES string of the molecule is C=CN(c1ccc(F)cc1)c1cc(/C(=C/C=N\C)Cc2ccc(C)cc2)ccc1C. The van der Waals surface area contributed by atoms with E-state index in [1.165, 1.54) is 28.8 Å². The van der Waals surface area contributed by atoms with Gasteiger partial charge in [0.15, 0.2) is 0 Å². The van der Waals surface area contributed by atoms with Crippen LogP contribution in [0.5, 0.6) is 0 Å². The second-order valence-corrected chi connectivity index (χ2v) is 7.29. The summed E-state index contributed by atoms with van der Waals surface area (Å²) < 4.78 is 13.4. The van der Waals surface area contributed by atoms with E-state index in [0.29, 0.717) is 0 Å². The number of hydrogen-bond acceptors (Lipinski definition) is 2. The van der Waals surface area contributed by atoms with Crippen LogP contribution >= 0.6 is 0 Å². The van der Waals surface area contributed by atoms with Gasteiger partial charge < -0.3 is 4.90 Å². The Morgan fingerprint density at radius 3 is 2.33 bits per heavy atom. The van der Waals surface area contributed by atoms with Crippen molar-refractivity contribution in [3.63, 3.8) is 0 Å². The lowest BCUT2D eigenvalue weighted by Gasteiger charge is -2.23. The Labute approximate surface area is 178 Å². The summed E-state index contributed by atoms with van der Waals surface area (Å²) >= 11 is 0. The molecule has 0 spiro atoms. The lowest BCUT2D eigenvalue weighted by molar-refractivity contribution is 0.628. The van der Waals surface area contributed by atoms with Gasteiger partial charge in [0, 0.05) is 30.8 Å². The van der Waals surface area contributed by atoms with Crippen molar-refractivity contribution >= 4 is 23.2 Å². The van der Waals surface area contributed by atoms with E-state index in [2.05, 4.69) is 74.0 Å². The topological polar surface area (TPSA) is 15.6 Å². The Balaban J connectivity index is 2.02. The van der Waals surface area contributed by atoms with Gasteiger partial charge in [-0.25, -0.2) is 4.39 Å². The van der Waals surface area contributed by atoms with Crippen molar-refractivity contribution in [1.82, 2.24) is 0 Å². The summed E-state index contributed by atoms with van der Waals surface area (Å²) in [4.78, 5) is 6.12. The Morgan fingerprint density at radius 2 is 1.70 bits per heavy atom. The van der Waals surface area contributed by atoms with Crippen LogP contribution in [0, 0.1) is 19.7 Å². The fraction of sp³-hybridized carbons (Fsp3) is 0.148. The maximum atomic E-state index is 13.4. The van der Waals surface area contributed by atoms with E-state index in [1.54, 1.807) is 25.4 Å². The molecule has 0 saturated heterocycles. The molecule has 0 bridgehead atoms. The number of nitrogens with zero attached hydrogens (tertiary/aromatic N) is 2. The zero-order valence-electron chi connectivity index (χ0n) is 17.8. The van der Waals surface area contributed by atoms with E-state index >= 15 is 0 Å². The molecule has 152 valence electrons. The van der Waals surface area contributed by atoms with Crippen LogP contribution in [0.15, 0.2) is 90.6 Å². The minimum atomic E-state index is -0.254. The second kappa shape index (κ2) is 9.84. The Bertz CT molecular complexity index is 1060. The molecule has 3 heteroatoms. The molecule has 0 aliphatic rings. The van der Waals surface area contributed by atoms with Gasteiger partial charge in [0.2, 0.25) is 0 Å². The summed E-state index contributed by atoms with van der Waals surface area (Å²) in [7, 11) is 1.77. The largest absolute Gasteiger partial charge is 0.317 e. The first-order valence-corrected chi connectivity index (χ1v) is 9.97. The van der Waals surface area contributed by atoms with Crippen LogP contribution in [0.2, 0.25) is 0 Å². The molecule has 0 unspecified atom stereocenters. The van der Waals surface area contributed by atoms with Gasteiger partial charge in [0.1, 0.15) is 5.82 Å². The monoisotopic (exact) mass is 398 g/mol. The highest BCUT2D eigenvalue weighted by Crippen LogP contribution is 2.32. The van der Waals surface area contributed by atoms with Gasteiger partial charge in [-0.15, -0.1) is 0 Å². The van der Waals surface area contributed by atoms with Crippen molar-refractivity contribution < 1.29 is 4.39 Å². The lowest BCUT2D eigenvalue weighted by atomic mass is 9.95. The van der Waals surface area contributed by atoms with E-state index in [-0.39, 0.29) is 5.82 Å². The van der Waals surface area contributed by atoms with Crippen molar-refractivity contribution in [3.8, 4) is 0 Å². The molecule has 0 radical (unpaired) electrons. The first kappa shape index (κ1) is 21.3. The predicted octanol–water partition coefficient (Wildman–Crippen LogP) is 7.05. The average molecular weight is 399 g/mol. The van der Waals surface area contributed by atoms with Crippen LogP contribution in [0.25, 0.3) is 5.57 Å². The van der Waals surface area contributed by atoms with Gasteiger partial charge >= 0.3 is 0 Å². The number of halogens is 1. The second-order valence-electron chi connectivity index (χ2n) is 7.29. The Kier molecular flexibility index (Phi) is 6.97. The van der Waals surface area contributed by atoms with Crippen molar-refractivity contribution in [3.05, 3.63) is 114 Å². The third-order valence-corrected chi connectivity index (χ3v) is 5.07. The highest BCUT2D eigenvalue weighted by atomic mass is 19.1. The van der Waals surface area contributed by atoms with Crippen LogP contribution in [-0.4, -0.2) is 13.3 Å². The van der Waals surface area contributed by atoms with E-state index in [0.717, 1.165) is 28.9 Å². The van der Waals surface area contributed by atoms with Crippen molar-refractivity contribution in [2.24, 2.45) is 4.99 Å². The van der Waals surface area contributed by atoms with Gasteiger partial charge in [0.25, 0.3) is 0 Å². The fourth-order valence-electron chi connectivity index (χ4n) is 3.36. The third-order valence-electron chi connectivity index (χ3n) is 5.07. The highest BCUT2D eigenvalue weighted by molar-refractivity contribution is 5.86. The normalized spacial score (nSPS) is 11.7. The summed E-state index contributed by atoms with van der Waals surface area (Å²) in [6.45, 7) is 8.13. The number of benzene rings is 3. The lowest BCUT2D eigenvalue weighted by Crippen LogP contribution is -2.10. The molecule has 30 heavy (non-hydrogen) atoms. The average Bonchev–Trinajstić information content (AvgIpc) is 2.75. The van der Waals surface area contributed by atoms with Crippen LogP contribution in [-0.2, 0) is 6.42 Å². The van der Waals surface area contributed by atoms with Gasteiger partial charge in [-0.3, -0.25) is 4.99 Å². The van der Waals surface area contributed by atoms with Crippen LogP contribution in [0.1, 0.15) is 22.3 Å². The van der Waals surface area contributed by atoms with E-state index in [1.807, 2.05) is 11.1 Å². The minimum Gasteiger partial charge on any atom is -0.317 e. The summed E-state index contributed by atoms with van der Waals surface area (Å²) in [6.07, 6.45) is 6.45. The molecule has 0 fully saturated rings. The van der Waals surface area contributed by atoms with E-state index in [4.69, 9.17) is 0 Å². The molecule has 0 atom stereocenters. The van der Waals surface area contributed by atoms with E-state index < -0.39 is 0 Å². The van der Waals surface area contributed by atoms with Gasteiger partial charge in [-0.1, -0.05) is 48.5 Å². The Hall–Kier alpha value is -3.46. The summed E-state index contributed by atoms with van der Waals surface area (Å²) in [5, 5.41) is 0. The first-order chi connectivity index (χ1) is 14.5. The highest BCUT2D eigenvalue weighted by Gasteiger charge is 2.12. The summed E-state index contributed by atoms with van der Waals surface area (Å²) in [5.41, 5.74) is 7.78. The molecule has 2 nitrogen and oxygen atoms in total. The standard InChI is InChI=1S/C27H27FN2/c1-5-30(26-14-12-25(28)13-15-26)27-19-23(11-8-21(27)3)24(16-17-29-4)18-22-9-6-20(2)7-10-22/h5-17,19H,1,18H2,2-4H3/b24-16+,29-17-. The van der Waals surface area contributed by atoms with Crippen LogP contribution in [0.3, 0.4) is 0 Å². The molecule has 0 aromatic heterocycles. The molecule has 0 saturated carbocycles. The summed E-state index contributed by atoms with van der Waals surface area (Å²) in [6, 6.07) is 21.4. The van der Waals surface area contributed by atoms with Crippen LogP contribution in [0.4, 0.5) is 15.8 Å². The number of anilines is 2. The molecule has 0 N–H and O–H groups in total. The molecular formula is C27H27FN2. The van der Waals surface area contributed by atoms with E-state index in [9.17, 15) is 4.39 Å². The molecule has 3 aromatic carbocycles. The van der Waals surface area contributed by atoms with Gasteiger partial charge in [0.05, 0.1) is 0 Å². The minimum absolute atomic E-state index is 0.254. The number of allylic oxidation sites excluding steroid dienone is 2. The number of aryl methyl sites for hydroxylation is 2. The number of hydrogen-bond donors (Lipinski definition) is 0. The molecule has 0 aliphatic carbocycles. The quantitative estimate of drug-likeness (QED) is 0.389. The zero-order chi connectivity index (χ0) is 21.5. The predicted molar refractivity (Wildman–Crippen MR) is 127 cm³/mol. The molecule has 3 rings (SSSR count). The molecule has 0 amide bonds. The van der Waals surface area contributed by atoms with Gasteiger partial charge in [-0.2, -0.15) is 0 Å². The zero-order valence-corrected chi connectivity index (χ0v) is 17.8. The van der Waals surface area contributed by atoms with Crippen molar-refractivity contribution in [1.29, 1.82) is 0 Å². The maximum Gasteiger partial charge on any atom is 0.123 e. The van der Waals surface area contributed by atoms with Crippen molar-refractivity contribution in [2.45, 2.75) is 20.3 Å². The smallest absolute Gasteiger partial charge is 0.123 e. The Morgan fingerprint density at radius 1 is 1.00 bits per heavy atom. The maximum absolute atomic E-state index is 13.4. The number of rotatable bonds is 7. The molecular weight excluding hydrogens is 371 g/mol. The molecule has 0 aliphatic heterocycles. The fourth-order valence-corrected chi connectivity index (χ4v) is 3.36. The first-order valence-electron chi connectivity index (χ1n) is 9.97. The third kappa shape index (κ3) is 5.12. The molecule has 3 aromatic rings. The number of aliphatic imine (C=N–C) groups is 1. The molecule has 0 heterocycles. The summed E-state index contributed by atoms with van der Waals surface area (Å²) in [5.74, 6) is -0.254. The van der Waals surface area contributed by atoms with Crippen molar-refractivity contribution in [2.75, 3.05) is 11.9 Å². The van der Waals surface area contributed by atoms with Gasteiger partial charge in [-0.05, 0) is 78.9 Å². The van der Waals surface area contributed by atoms with Crippen LogP contribution < -0.4 is 4.90 Å².